The molecular formula is C41H41Cl2F2N7O13P2S2. The Morgan fingerprint density at radius 2 is 1.00 bits per heavy atom. The van der Waals surface area contributed by atoms with Crippen LogP contribution in [0.4, 0.5) is 26.1 Å². The number of rotatable bonds is 16. The molecule has 4 aromatic carbocycles. The molecule has 0 atom stereocenters. The third kappa shape index (κ3) is 15.1. The number of carboxylic acids is 1. The molecule has 28 heteroatoms. The molecule has 2 heterocycles. The highest BCUT2D eigenvalue weighted by Crippen LogP contribution is 2.49. The number of aromatic nitrogens is 4. The van der Waals surface area contributed by atoms with Crippen LogP contribution in [0.3, 0.4) is 0 Å². The van der Waals surface area contributed by atoms with E-state index in [1.807, 2.05) is 0 Å². The molecular weight excluding hydrogens is 1030 g/mol. The van der Waals surface area contributed by atoms with Gasteiger partial charge in [-0.05, 0) is 78.4 Å². The first-order valence-electron chi connectivity index (χ1n) is 19.0. The maximum Gasteiger partial charge on any atom is 0.358 e. The first-order valence-corrected chi connectivity index (χ1v) is 26.5. The maximum absolute atomic E-state index is 13.6. The Morgan fingerprint density at radius 1 is 0.623 bits per heavy atom. The number of anilines is 3. The molecule has 0 amide bonds. The lowest BCUT2D eigenvalue weighted by atomic mass is 10.1. The minimum atomic E-state index is -3.97. The van der Waals surface area contributed by atoms with E-state index in [0.717, 1.165) is 34.5 Å². The fraction of sp³-hybridized carbons (Fsp3) is 0.171. The van der Waals surface area contributed by atoms with Gasteiger partial charge in [0.05, 0.1) is 43.6 Å². The number of Topliss-reactive ketones (excluding diaryl/α,β-unsaturated/α-hetero) is 1. The standard InChI is InChI=1S/C21H20ClFN3O6PS.C11H7ClFN3O2.C9H14NO5PS/c1-31-33(28,32-2)12-34(29,30)15-6-3-13(4-7-15)9-19(27)20-21(24)25-11-18(26-20)16-10-14(23)5-8-17(16)22;12-7-2-1-5(13)3-6(7)8-4-15-10(14)9(16-8)11(17)18;1-14-16(11,15-2)7-17(12,13)9-5-3-8(10)4-6-9/h3-8,10-11H,9,12H2,1-2H3,(H2,24,25);1-4H,(H2,14,15)(H,17,18);3-6H,7,10H2,1-2H3. The van der Waals surface area contributed by atoms with Crippen LogP contribution < -0.4 is 17.2 Å². The number of carbonyl (C=O) groups excluding carboxylic acids is 1. The van der Waals surface area contributed by atoms with Crippen molar-refractivity contribution in [3.05, 3.63) is 136 Å². The smallest absolute Gasteiger partial charge is 0.358 e. The van der Waals surface area contributed by atoms with E-state index in [1.54, 1.807) is 0 Å². The maximum atomic E-state index is 13.6. The fourth-order valence-electron chi connectivity index (χ4n) is 5.49. The van der Waals surface area contributed by atoms with Crippen LogP contribution in [-0.4, -0.2) is 93.1 Å². The number of nitrogen functional groups attached to an aromatic ring is 3. The molecule has 0 spiro atoms. The van der Waals surface area contributed by atoms with Gasteiger partial charge in [0, 0.05) is 51.7 Å². The largest absolute Gasteiger partial charge is 0.476 e. The van der Waals surface area contributed by atoms with Gasteiger partial charge < -0.3 is 40.4 Å². The van der Waals surface area contributed by atoms with Crippen molar-refractivity contribution < 1.29 is 67.5 Å². The number of aromatic carboxylic acids is 1. The van der Waals surface area contributed by atoms with Crippen molar-refractivity contribution in [1.82, 2.24) is 19.9 Å². The molecule has 0 bridgehead atoms. The van der Waals surface area contributed by atoms with Gasteiger partial charge in [0.15, 0.2) is 53.8 Å². The van der Waals surface area contributed by atoms with Gasteiger partial charge in [0.2, 0.25) is 0 Å². The topological polar surface area (TPSA) is 323 Å². The second-order valence-corrected chi connectivity index (χ2v) is 24.0. The summed E-state index contributed by atoms with van der Waals surface area (Å²) in [4.78, 5) is 39.3. The second-order valence-electron chi connectivity index (χ2n) is 13.8. The van der Waals surface area contributed by atoms with Gasteiger partial charge in [-0.25, -0.2) is 50.3 Å². The number of hydrogen-bond acceptors (Lipinski definition) is 19. The van der Waals surface area contributed by atoms with Crippen LogP contribution in [-0.2, 0) is 53.3 Å². The zero-order valence-corrected chi connectivity index (χ0v) is 41.4. The Labute approximate surface area is 404 Å². The number of carboxylic acid groups (broad SMARTS) is 1. The highest BCUT2D eigenvalue weighted by atomic mass is 35.5. The third-order valence-corrected chi connectivity index (χ3v) is 19.2. The minimum absolute atomic E-state index is 0.0287. The van der Waals surface area contributed by atoms with Gasteiger partial charge in [-0.1, -0.05) is 35.3 Å². The van der Waals surface area contributed by atoms with E-state index in [0.29, 0.717) is 11.3 Å². The van der Waals surface area contributed by atoms with Crippen LogP contribution in [0.15, 0.2) is 107 Å². The van der Waals surface area contributed by atoms with Crippen LogP contribution in [0.5, 0.6) is 0 Å². The molecule has 0 unspecified atom stereocenters. The number of halogens is 4. The zero-order valence-electron chi connectivity index (χ0n) is 36.4. The van der Waals surface area contributed by atoms with Gasteiger partial charge >= 0.3 is 21.2 Å². The monoisotopic (exact) mass is 1070 g/mol. The molecule has 0 radical (unpaired) electrons. The normalized spacial score (nSPS) is 11.7. The van der Waals surface area contributed by atoms with Gasteiger partial charge in [0.1, 0.15) is 17.3 Å². The quantitative estimate of drug-likeness (QED) is 0.0407. The van der Waals surface area contributed by atoms with E-state index in [9.17, 15) is 44.3 Å². The Morgan fingerprint density at radius 3 is 1.39 bits per heavy atom. The van der Waals surface area contributed by atoms with Crippen molar-refractivity contribution in [2.45, 2.75) is 16.2 Å². The summed E-state index contributed by atoms with van der Waals surface area (Å²) in [5.74, 6) is -3.17. The van der Waals surface area contributed by atoms with Crippen molar-refractivity contribution in [2.75, 3.05) is 56.6 Å². The Hall–Kier alpha value is -5.78. The fourth-order valence-corrected chi connectivity index (χ4v) is 13.5. The Kier molecular flexibility index (Phi) is 19.2. The summed E-state index contributed by atoms with van der Waals surface area (Å²) in [6, 6.07) is 18.5. The van der Waals surface area contributed by atoms with Crippen molar-refractivity contribution in [3.8, 4) is 22.5 Å². The van der Waals surface area contributed by atoms with E-state index in [-0.39, 0.29) is 66.1 Å². The molecule has 69 heavy (non-hydrogen) atoms. The Bertz CT molecular complexity index is 3170. The average molecular weight is 1070 g/mol. The first-order chi connectivity index (χ1) is 32.3. The molecule has 0 aliphatic carbocycles. The predicted octanol–water partition coefficient (Wildman–Crippen LogP) is 7.86. The van der Waals surface area contributed by atoms with Gasteiger partial charge in [0.25, 0.3) is 0 Å². The lowest BCUT2D eigenvalue weighted by Crippen LogP contribution is -2.12. The zero-order chi connectivity index (χ0) is 51.5. The predicted molar refractivity (Wildman–Crippen MR) is 253 cm³/mol. The molecule has 0 fully saturated rings. The molecule has 7 N–H and O–H groups in total. The number of hydrogen-bond donors (Lipinski definition) is 4. The number of ketones is 1. The summed E-state index contributed by atoms with van der Waals surface area (Å²) in [6.45, 7) is 0. The highest BCUT2D eigenvalue weighted by molar-refractivity contribution is 7.98. The lowest BCUT2D eigenvalue weighted by Gasteiger charge is -2.14. The molecule has 0 saturated carbocycles. The number of nitrogens with zero attached hydrogens (tertiary/aromatic N) is 4. The summed E-state index contributed by atoms with van der Waals surface area (Å²) in [5, 5.41) is 9.34. The van der Waals surface area contributed by atoms with Crippen LogP contribution in [0.1, 0.15) is 26.5 Å². The molecule has 2 aromatic heterocycles. The van der Waals surface area contributed by atoms with Gasteiger partial charge in [-0.3, -0.25) is 13.9 Å². The van der Waals surface area contributed by atoms with E-state index in [2.05, 4.69) is 29.0 Å². The van der Waals surface area contributed by atoms with E-state index in [4.69, 9.17) is 54.6 Å². The summed E-state index contributed by atoms with van der Waals surface area (Å²) in [7, 11) is -10.6. The first kappa shape index (κ1) is 55.8. The number of sulfone groups is 2. The molecule has 6 rings (SSSR count). The summed E-state index contributed by atoms with van der Waals surface area (Å²) in [6.07, 6.45) is 2.36. The molecule has 0 aliphatic heterocycles. The lowest BCUT2D eigenvalue weighted by molar-refractivity contribution is 0.0691. The number of nitrogens with two attached hydrogens (primary N) is 3. The third-order valence-electron chi connectivity index (χ3n) is 9.13. The summed E-state index contributed by atoms with van der Waals surface area (Å²) in [5.41, 5.74) is 16.3. The van der Waals surface area contributed by atoms with E-state index in [1.165, 1.54) is 91.3 Å². The second kappa shape index (κ2) is 23.7. The van der Waals surface area contributed by atoms with Crippen LogP contribution in [0.2, 0.25) is 10.0 Å². The molecule has 0 saturated heterocycles. The Balaban J connectivity index is 0.000000249. The van der Waals surface area contributed by atoms with Crippen molar-refractivity contribution in [1.29, 1.82) is 0 Å². The SMILES string of the molecule is COP(=O)(CS(=O)(=O)c1ccc(CC(=O)c2nc(-c3cc(F)ccc3Cl)cnc2N)cc1)OC.COP(=O)(CS(=O)(=O)c1ccc(N)cc1)OC.Nc1ncc(-c2cc(F)ccc2Cl)nc1C(=O)O. The van der Waals surface area contributed by atoms with E-state index < -0.39 is 74.9 Å². The summed E-state index contributed by atoms with van der Waals surface area (Å²) >= 11 is 12.0. The minimum Gasteiger partial charge on any atom is -0.476 e. The van der Waals surface area contributed by atoms with Gasteiger partial charge in [-0.15, -0.1) is 0 Å². The van der Waals surface area contributed by atoms with Crippen LogP contribution in [0.25, 0.3) is 22.5 Å². The molecule has 6 aromatic rings. The molecule has 20 nitrogen and oxygen atoms in total. The van der Waals surface area contributed by atoms with Crippen LogP contribution in [0, 0.1) is 11.6 Å². The average Bonchev–Trinajstić information content (AvgIpc) is 3.31. The van der Waals surface area contributed by atoms with E-state index >= 15 is 0 Å². The summed E-state index contributed by atoms with van der Waals surface area (Å²) < 4.78 is 118. The number of benzene rings is 4. The van der Waals surface area contributed by atoms with Crippen molar-refractivity contribution in [3.63, 3.8) is 0 Å². The van der Waals surface area contributed by atoms with Crippen molar-refractivity contribution >= 4 is 87.1 Å². The molecule has 368 valence electrons. The highest BCUT2D eigenvalue weighted by Gasteiger charge is 2.32. The van der Waals surface area contributed by atoms with Crippen LogP contribution >= 0.6 is 38.4 Å². The van der Waals surface area contributed by atoms with Crippen molar-refractivity contribution in [2.24, 2.45) is 0 Å². The van der Waals surface area contributed by atoms with Gasteiger partial charge in [-0.2, -0.15) is 0 Å². The molecule has 0 aliphatic rings. The number of carbonyl (C=O) groups is 2.